The van der Waals surface area contributed by atoms with Crippen LogP contribution in [-0.4, -0.2) is 29.2 Å². The van der Waals surface area contributed by atoms with Gasteiger partial charge in [-0.2, -0.15) is 0 Å². The summed E-state index contributed by atoms with van der Waals surface area (Å²) >= 11 is 4.59. The number of aromatic nitrogens is 1. The second-order valence-electron chi connectivity index (χ2n) is 10.4. The van der Waals surface area contributed by atoms with E-state index in [2.05, 4.69) is 15.9 Å². The van der Waals surface area contributed by atoms with Gasteiger partial charge in [-0.05, 0) is 64.3 Å². The summed E-state index contributed by atoms with van der Waals surface area (Å²) in [4.78, 5) is 44.0. The third-order valence-corrected chi connectivity index (χ3v) is 9.28. The summed E-state index contributed by atoms with van der Waals surface area (Å²) in [6.45, 7) is 3.91. The van der Waals surface area contributed by atoms with Gasteiger partial charge in [0.15, 0.2) is 4.80 Å². The van der Waals surface area contributed by atoms with Crippen LogP contribution in [-0.2, 0) is 9.53 Å². The molecule has 0 bridgehead atoms. The first-order valence-electron chi connectivity index (χ1n) is 14.6. The van der Waals surface area contributed by atoms with Gasteiger partial charge in [0.2, 0.25) is 0 Å². The Balaban J connectivity index is 1.56. The van der Waals surface area contributed by atoms with E-state index in [-0.39, 0.29) is 17.9 Å². The van der Waals surface area contributed by atoms with E-state index in [4.69, 9.17) is 18.9 Å². The Hall–Kier alpha value is -4.81. The number of halogens is 1. The molecule has 1 aliphatic heterocycles. The Morgan fingerprint density at radius 3 is 2.67 bits per heavy atom. The number of carbonyl (C=O) groups is 1. The molecule has 0 radical (unpaired) electrons. The highest BCUT2D eigenvalue weighted by molar-refractivity contribution is 9.10. The first-order valence-corrected chi connectivity index (χ1v) is 16.2. The largest absolute Gasteiger partial charge is 0.496 e. The predicted molar refractivity (Wildman–Crippen MR) is 179 cm³/mol. The molecule has 5 aromatic rings. The maximum absolute atomic E-state index is 14.3. The van der Waals surface area contributed by atoms with Crippen LogP contribution in [0.5, 0.6) is 5.75 Å². The van der Waals surface area contributed by atoms with Gasteiger partial charge in [-0.15, -0.1) is 0 Å². The van der Waals surface area contributed by atoms with E-state index in [1.54, 1.807) is 42.9 Å². The number of ether oxygens (including phenoxy) is 2. The number of nitrogens with zero attached hydrogens (tertiary/aromatic N) is 3. The van der Waals surface area contributed by atoms with Crippen molar-refractivity contribution >= 4 is 55.8 Å². The number of carbonyl (C=O) groups excluding carboxylic acids is 1. The minimum Gasteiger partial charge on any atom is -0.496 e. The van der Waals surface area contributed by atoms with Gasteiger partial charge in [0.1, 0.15) is 23.3 Å². The summed E-state index contributed by atoms with van der Waals surface area (Å²) in [7, 11) is 1.57. The van der Waals surface area contributed by atoms with Crippen molar-refractivity contribution < 1.29 is 23.6 Å². The fourth-order valence-corrected chi connectivity index (χ4v) is 7.21. The normalized spacial score (nSPS) is 14.7. The topological polar surface area (TPSA) is 126 Å². The lowest BCUT2D eigenvalue weighted by Gasteiger charge is -2.28. The number of allylic oxidation sites excluding steroid dienone is 1. The van der Waals surface area contributed by atoms with Crippen LogP contribution in [0.2, 0.25) is 0 Å². The maximum atomic E-state index is 14.3. The van der Waals surface area contributed by atoms with Gasteiger partial charge >= 0.3 is 5.97 Å². The van der Waals surface area contributed by atoms with Crippen LogP contribution in [0.15, 0.2) is 96.7 Å². The molecule has 1 aliphatic rings. The average Bonchev–Trinajstić information content (AvgIpc) is 3.63. The molecule has 0 amide bonds. The van der Waals surface area contributed by atoms with Crippen LogP contribution >= 0.6 is 27.3 Å². The Morgan fingerprint density at radius 1 is 1.15 bits per heavy atom. The molecule has 1 unspecified atom stereocenters. The number of methoxy groups -OCH3 is 1. The van der Waals surface area contributed by atoms with Crippen molar-refractivity contribution in [2.45, 2.75) is 32.7 Å². The molecule has 2 aromatic heterocycles. The zero-order valence-electron chi connectivity index (χ0n) is 25.1. The van der Waals surface area contributed by atoms with Crippen LogP contribution in [0.4, 0.5) is 5.69 Å². The zero-order valence-corrected chi connectivity index (χ0v) is 27.5. The van der Waals surface area contributed by atoms with Crippen LogP contribution < -0.4 is 19.6 Å². The summed E-state index contributed by atoms with van der Waals surface area (Å²) in [5, 5.41) is 12.9. The van der Waals surface area contributed by atoms with Crippen molar-refractivity contribution in [3.63, 3.8) is 0 Å². The first-order chi connectivity index (χ1) is 22.2. The fraction of sp³-hybridized carbons (Fsp3) is 0.206. The molecular weight excluding hydrogens is 674 g/mol. The number of fused-ring (bicyclic) bond motifs is 2. The average molecular weight is 703 g/mol. The van der Waals surface area contributed by atoms with E-state index >= 15 is 0 Å². The van der Waals surface area contributed by atoms with E-state index < -0.39 is 16.9 Å². The lowest BCUT2D eigenvalue weighted by Crippen LogP contribution is -2.40. The number of hydrogen-bond donors (Lipinski definition) is 0. The van der Waals surface area contributed by atoms with E-state index in [0.29, 0.717) is 59.9 Å². The molecule has 234 valence electrons. The molecule has 3 aromatic carbocycles. The standard InChI is InChI=1S/C34H28BrN3O7S/c1-4-8-25-30(33(40)44-5-2)31(29-22-10-7-6-9-19(22)11-15-27(29)43-3)37-32(39)28(46-34(37)36-25)18-21-13-16-26(45-21)23-14-12-20(38(41)42)17-24(23)35/h6-7,9-18,31H,4-5,8H2,1-3H3/b28-18-. The lowest BCUT2D eigenvalue weighted by atomic mass is 9.90. The molecule has 12 heteroatoms. The van der Waals surface area contributed by atoms with E-state index in [1.807, 2.05) is 43.3 Å². The Labute approximate surface area is 275 Å². The quantitative estimate of drug-likeness (QED) is 0.0954. The molecule has 46 heavy (non-hydrogen) atoms. The zero-order chi connectivity index (χ0) is 32.5. The highest BCUT2D eigenvalue weighted by Crippen LogP contribution is 2.41. The maximum Gasteiger partial charge on any atom is 0.338 e. The van der Waals surface area contributed by atoms with Crippen molar-refractivity contribution in [3.8, 4) is 17.1 Å². The highest BCUT2D eigenvalue weighted by atomic mass is 79.9. The number of thiazole rings is 1. The molecule has 1 atom stereocenters. The number of nitro benzene ring substituents is 1. The molecule has 0 spiro atoms. The van der Waals surface area contributed by atoms with Crippen LogP contribution in [0.1, 0.15) is 44.1 Å². The first kappa shape index (κ1) is 31.2. The summed E-state index contributed by atoms with van der Waals surface area (Å²) < 4.78 is 19.9. The number of rotatable bonds is 9. The number of furan rings is 1. The minimum atomic E-state index is -0.858. The molecule has 0 fully saturated rings. The summed E-state index contributed by atoms with van der Waals surface area (Å²) in [5.41, 5.74) is 1.76. The van der Waals surface area contributed by atoms with Crippen LogP contribution in [0.25, 0.3) is 28.2 Å². The number of nitro groups is 1. The third kappa shape index (κ3) is 5.58. The minimum absolute atomic E-state index is 0.0504. The van der Waals surface area contributed by atoms with Crippen molar-refractivity contribution in [1.29, 1.82) is 0 Å². The van der Waals surface area contributed by atoms with Gasteiger partial charge in [0, 0.05) is 33.8 Å². The second kappa shape index (κ2) is 12.9. The van der Waals surface area contributed by atoms with Gasteiger partial charge in [0.05, 0.1) is 34.4 Å². The SMILES string of the molecule is CCCC1=C(C(=O)OCC)C(c2c(OC)ccc3ccccc23)n2c(s/c(=C\c3ccc(-c4ccc([N+](=O)[O-])cc4Br)o3)c2=O)=N1. The summed E-state index contributed by atoms with van der Waals surface area (Å²) in [5.74, 6) is 0.868. The molecule has 0 aliphatic carbocycles. The molecular formula is C34H28BrN3O7S. The molecule has 0 saturated carbocycles. The van der Waals surface area contributed by atoms with Crippen molar-refractivity contribution in [2.24, 2.45) is 4.99 Å². The monoisotopic (exact) mass is 701 g/mol. The molecule has 3 heterocycles. The Bertz CT molecular complexity index is 2230. The van der Waals surface area contributed by atoms with Gasteiger partial charge in [-0.1, -0.05) is 55.0 Å². The highest BCUT2D eigenvalue weighted by Gasteiger charge is 2.37. The van der Waals surface area contributed by atoms with Gasteiger partial charge < -0.3 is 13.9 Å². The number of benzene rings is 3. The van der Waals surface area contributed by atoms with Crippen molar-refractivity contribution in [3.05, 3.63) is 124 Å². The van der Waals surface area contributed by atoms with E-state index in [9.17, 15) is 19.7 Å². The lowest BCUT2D eigenvalue weighted by molar-refractivity contribution is -0.384. The molecule has 0 saturated heterocycles. The fourth-order valence-electron chi connectivity index (χ4n) is 5.65. The number of esters is 1. The second-order valence-corrected chi connectivity index (χ2v) is 12.3. The number of non-ortho nitro benzene ring substituents is 1. The summed E-state index contributed by atoms with van der Waals surface area (Å²) in [6.07, 6.45) is 2.87. The van der Waals surface area contributed by atoms with Gasteiger partial charge in [-0.3, -0.25) is 19.5 Å². The predicted octanol–water partition coefficient (Wildman–Crippen LogP) is 6.67. The molecule has 0 N–H and O–H groups in total. The summed E-state index contributed by atoms with van der Waals surface area (Å²) in [6, 6.07) is 18.6. The third-order valence-electron chi connectivity index (χ3n) is 7.65. The Morgan fingerprint density at radius 2 is 1.96 bits per heavy atom. The smallest absolute Gasteiger partial charge is 0.338 e. The van der Waals surface area contributed by atoms with E-state index in [0.717, 1.165) is 17.2 Å². The van der Waals surface area contributed by atoms with Crippen molar-refractivity contribution in [2.75, 3.05) is 13.7 Å². The van der Waals surface area contributed by atoms with Gasteiger partial charge in [0.25, 0.3) is 11.2 Å². The molecule has 6 rings (SSSR count). The van der Waals surface area contributed by atoms with Crippen LogP contribution in [0, 0.1) is 10.1 Å². The molecule has 10 nitrogen and oxygen atoms in total. The Kier molecular flexibility index (Phi) is 8.74. The van der Waals surface area contributed by atoms with Crippen molar-refractivity contribution in [1.82, 2.24) is 4.57 Å². The van der Waals surface area contributed by atoms with Crippen LogP contribution in [0.3, 0.4) is 0 Å². The van der Waals surface area contributed by atoms with Gasteiger partial charge in [-0.25, -0.2) is 9.79 Å². The van der Waals surface area contributed by atoms with E-state index in [1.165, 1.54) is 23.5 Å². The number of hydrogen-bond acceptors (Lipinski definition) is 9.